The summed E-state index contributed by atoms with van der Waals surface area (Å²) in [4.78, 5) is 23.7. The Hall–Kier alpha value is -3.02. The van der Waals surface area contributed by atoms with Crippen molar-refractivity contribution >= 4 is 16.5 Å². The predicted molar refractivity (Wildman–Crippen MR) is 85.5 cm³/mol. The molecule has 3 aromatic rings. The lowest BCUT2D eigenvalue weighted by Crippen LogP contribution is -2.20. The Morgan fingerprint density at radius 2 is 1.82 bits per heavy atom. The van der Waals surface area contributed by atoms with E-state index in [4.69, 9.17) is 4.74 Å². The van der Waals surface area contributed by atoms with Crippen molar-refractivity contribution in [3.8, 4) is 5.75 Å². The number of benzene rings is 2. The molecule has 22 heavy (non-hydrogen) atoms. The molecule has 3 rings (SSSR count). The Kier molecular flexibility index (Phi) is 3.65. The summed E-state index contributed by atoms with van der Waals surface area (Å²) in [5.41, 5.74) is 0.980. The van der Waals surface area contributed by atoms with Crippen LogP contribution in [0.15, 0.2) is 52.1 Å². The van der Waals surface area contributed by atoms with E-state index < -0.39 is 0 Å². The van der Waals surface area contributed by atoms with E-state index in [0.29, 0.717) is 23.0 Å². The predicted octanol–water partition coefficient (Wildman–Crippen LogP) is 1.84. The highest BCUT2D eigenvalue weighted by atomic mass is 16.5. The molecule has 0 saturated carbocycles. The molecule has 1 aromatic heterocycles. The van der Waals surface area contributed by atoms with E-state index in [1.807, 2.05) is 24.3 Å². The Morgan fingerprint density at radius 1 is 1.05 bits per heavy atom. The number of H-pyrrole nitrogens is 2. The van der Waals surface area contributed by atoms with Gasteiger partial charge in [0, 0.05) is 12.2 Å². The van der Waals surface area contributed by atoms with Gasteiger partial charge >= 0.3 is 0 Å². The van der Waals surface area contributed by atoms with Crippen molar-refractivity contribution in [2.75, 3.05) is 12.4 Å². The average Bonchev–Trinajstić information content (AvgIpc) is 2.56. The third-order valence-corrected chi connectivity index (χ3v) is 3.44. The molecule has 0 amide bonds. The summed E-state index contributed by atoms with van der Waals surface area (Å²) in [6.07, 6.45) is 0. The first kappa shape index (κ1) is 13.9. The van der Waals surface area contributed by atoms with Gasteiger partial charge in [-0.15, -0.1) is 0 Å². The maximum absolute atomic E-state index is 12.0. The van der Waals surface area contributed by atoms with Crippen molar-refractivity contribution in [2.24, 2.45) is 0 Å². The minimum absolute atomic E-state index is 0.320. The molecule has 0 atom stereocenters. The fraction of sp³-hybridized carbons (Fsp3) is 0.125. The Bertz CT molecular complexity index is 928. The van der Waals surface area contributed by atoms with Gasteiger partial charge in [-0.3, -0.25) is 19.8 Å². The molecule has 0 saturated heterocycles. The fourth-order valence-electron chi connectivity index (χ4n) is 2.36. The monoisotopic (exact) mass is 297 g/mol. The number of hydrogen-bond acceptors (Lipinski definition) is 4. The van der Waals surface area contributed by atoms with Crippen molar-refractivity contribution in [3.63, 3.8) is 0 Å². The van der Waals surface area contributed by atoms with E-state index >= 15 is 0 Å². The number of ether oxygens (including phenoxy) is 1. The van der Waals surface area contributed by atoms with Crippen LogP contribution < -0.4 is 21.2 Å². The van der Waals surface area contributed by atoms with Gasteiger partial charge in [-0.05, 0) is 29.8 Å². The summed E-state index contributed by atoms with van der Waals surface area (Å²) in [6.45, 7) is 0.516. The lowest BCUT2D eigenvalue weighted by Gasteiger charge is -2.09. The van der Waals surface area contributed by atoms with E-state index in [-0.39, 0.29) is 11.1 Å². The first-order valence-electron chi connectivity index (χ1n) is 6.79. The quantitative estimate of drug-likeness (QED) is 0.685. The highest BCUT2D eigenvalue weighted by Crippen LogP contribution is 2.19. The molecule has 6 heteroatoms. The molecule has 112 valence electrons. The first-order valence-corrected chi connectivity index (χ1v) is 6.79. The van der Waals surface area contributed by atoms with Gasteiger partial charge in [-0.25, -0.2) is 0 Å². The van der Waals surface area contributed by atoms with Gasteiger partial charge in [-0.1, -0.05) is 18.2 Å². The average molecular weight is 297 g/mol. The lowest BCUT2D eigenvalue weighted by atomic mass is 10.1. The van der Waals surface area contributed by atoms with Gasteiger partial charge in [-0.2, -0.15) is 0 Å². The van der Waals surface area contributed by atoms with E-state index in [0.717, 1.165) is 11.3 Å². The molecule has 0 spiro atoms. The number of anilines is 1. The molecule has 3 N–H and O–H groups in total. The van der Waals surface area contributed by atoms with Crippen molar-refractivity contribution in [1.29, 1.82) is 0 Å². The molecule has 0 aliphatic rings. The third kappa shape index (κ3) is 2.58. The van der Waals surface area contributed by atoms with Crippen LogP contribution >= 0.6 is 0 Å². The molecule has 1 heterocycles. The van der Waals surface area contributed by atoms with Crippen molar-refractivity contribution in [3.05, 3.63) is 68.7 Å². The Labute approximate surface area is 125 Å². The van der Waals surface area contributed by atoms with Crippen molar-refractivity contribution in [2.45, 2.75) is 6.54 Å². The molecule has 0 fully saturated rings. The zero-order valence-corrected chi connectivity index (χ0v) is 12.0. The Morgan fingerprint density at radius 3 is 2.64 bits per heavy atom. The molecule has 2 aromatic carbocycles. The number of hydrogen-bond donors (Lipinski definition) is 3. The summed E-state index contributed by atoms with van der Waals surface area (Å²) >= 11 is 0. The number of rotatable bonds is 4. The highest BCUT2D eigenvalue weighted by molar-refractivity contribution is 5.92. The van der Waals surface area contributed by atoms with Gasteiger partial charge in [0.25, 0.3) is 11.1 Å². The summed E-state index contributed by atoms with van der Waals surface area (Å²) < 4.78 is 5.18. The van der Waals surface area contributed by atoms with Crippen molar-refractivity contribution < 1.29 is 4.74 Å². The van der Waals surface area contributed by atoms with Crippen LogP contribution in [0.4, 0.5) is 5.69 Å². The minimum Gasteiger partial charge on any atom is -0.497 e. The SMILES string of the molecule is COc1cccc(CNc2cccc3c(=O)[nH][nH]c(=O)c23)c1. The van der Waals surface area contributed by atoms with E-state index in [9.17, 15) is 9.59 Å². The zero-order chi connectivity index (χ0) is 15.5. The van der Waals surface area contributed by atoms with Crippen LogP contribution in [-0.2, 0) is 6.54 Å². The normalized spacial score (nSPS) is 10.6. The molecule has 0 aliphatic carbocycles. The Balaban J connectivity index is 1.96. The van der Waals surface area contributed by atoms with Gasteiger partial charge in [0.05, 0.1) is 17.9 Å². The molecule has 0 unspecified atom stereocenters. The van der Waals surface area contributed by atoms with Crippen LogP contribution in [0.25, 0.3) is 10.8 Å². The number of nitrogens with one attached hydrogen (secondary N) is 3. The van der Waals surface area contributed by atoms with E-state index in [1.165, 1.54) is 0 Å². The summed E-state index contributed by atoms with van der Waals surface area (Å²) in [6, 6.07) is 12.8. The second-order valence-electron chi connectivity index (χ2n) is 4.84. The number of aromatic amines is 2. The van der Waals surface area contributed by atoms with Gasteiger partial charge in [0.15, 0.2) is 0 Å². The van der Waals surface area contributed by atoms with Crippen LogP contribution in [0, 0.1) is 0 Å². The third-order valence-electron chi connectivity index (χ3n) is 3.44. The van der Waals surface area contributed by atoms with Crippen LogP contribution in [0.5, 0.6) is 5.75 Å². The number of methoxy groups -OCH3 is 1. The first-order chi connectivity index (χ1) is 10.7. The maximum atomic E-state index is 12.0. The smallest absolute Gasteiger partial charge is 0.272 e. The summed E-state index contributed by atoms with van der Waals surface area (Å²) in [5, 5.41) is 8.58. The number of fused-ring (bicyclic) bond motifs is 1. The van der Waals surface area contributed by atoms with E-state index in [2.05, 4.69) is 15.5 Å². The van der Waals surface area contributed by atoms with E-state index in [1.54, 1.807) is 25.3 Å². The van der Waals surface area contributed by atoms with Crippen LogP contribution in [0.2, 0.25) is 0 Å². The molecular weight excluding hydrogens is 282 g/mol. The maximum Gasteiger partial charge on any atom is 0.272 e. The van der Waals surface area contributed by atoms with Gasteiger partial charge in [0.1, 0.15) is 5.75 Å². The molecule has 0 aliphatic heterocycles. The standard InChI is InChI=1S/C16H15N3O3/c1-22-11-5-2-4-10(8-11)9-17-13-7-3-6-12-14(13)16(21)19-18-15(12)20/h2-8,17H,9H2,1H3,(H,18,20)(H,19,21). The zero-order valence-electron chi connectivity index (χ0n) is 12.0. The fourth-order valence-corrected chi connectivity index (χ4v) is 2.36. The van der Waals surface area contributed by atoms with Gasteiger partial charge in [0.2, 0.25) is 0 Å². The molecule has 6 nitrogen and oxygen atoms in total. The lowest BCUT2D eigenvalue weighted by molar-refractivity contribution is 0.414. The topological polar surface area (TPSA) is 87.0 Å². The van der Waals surface area contributed by atoms with Crippen LogP contribution in [0.3, 0.4) is 0 Å². The molecular formula is C16H15N3O3. The van der Waals surface area contributed by atoms with Crippen LogP contribution in [0.1, 0.15) is 5.56 Å². The molecule has 0 bridgehead atoms. The minimum atomic E-state index is -0.330. The highest BCUT2D eigenvalue weighted by Gasteiger charge is 2.08. The summed E-state index contributed by atoms with van der Waals surface area (Å²) in [7, 11) is 1.61. The number of aromatic nitrogens is 2. The van der Waals surface area contributed by atoms with Crippen LogP contribution in [-0.4, -0.2) is 17.3 Å². The second-order valence-corrected chi connectivity index (χ2v) is 4.84. The molecule has 0 radical (unpaired) electrons. The second kappa shape index (κ2) is 5.77. The van der Waals surface area contributed by atoms with Gasteiger partial charge < -0.3 is 10.1 Å². The largest absolute Gasteiger partial charge is 0.497 e. The summed E-state index contributed by atoms with van der Waals surface area (Å²) in [5.74, 6) is 0.770. The van der Waals surface area contributed by atoms with Crippen molar-refractivity contribution in [1.82, 2.24) is 10.2 Å².